The Balaban J connectivity index is 1.70. The van der Waals surface area contributed by atoms with Crippen LogP contribution in [0.1, 0.15) is 30.1 Å². The molecule has 1 heterocycles. The highest BCUT2D eigenvalue weighted by Crippen LogP contribution is 2.34. The number of methoxy groups -OCH3 is 1. The van der Waals surface area contributed by atoms with E-state index >= 15 is 0 Å². The van der Waals surface area contributed by atoms with Gasteiger partial charge in [-0.2, -0.15) is 11.8 Å². The summed E-state index contributed by atoms with van der Waals surface area (Å²) in [7, 11) is 1.13. The Morgan fingerprint density at radius 2 is 1.77 bits per heavy atom. The summed E-state index contributed by atoms with van der Waals surface area (Å²) in [6.07, 6.45) is -6.15. The third kappa shape index (κ3) is 9.47. The highest BCUT2D eigenvalue weighted by molar-refractivity contribution is 7.99. The quantitative estimate of drug-likeness (QED) is 0.120. The maximum atomic E-state index is 12.9. The zero-order valence-electron chi connectivity index (χ0n) is 24.3. The number of carbonyl (C=O) groups excluding carboxylic acids is 3. The van der Waals surface area contributed by atoms with Crippen molar-refractivity contribution in [3.63, 3.8) is 0 Å². The first-order valence-corrected chi connectivity index (χ1v) is 15.2. The van der Waals surface area contributed by atoms with Crippen LogP contribution >= 0.6 is 11.8 Å². The van der Waals surface area contributed by atoms with Crippen LogP contribution in [0.4, 0.5) is 0 Å². The van der Waals surface area contributed by atoms with Crippen LogP contribution in [0.25, 0.3) is 11.1 Å². The summed E-state index contributed by atoms with van der Waals surface area (Å²) >= 11 is 1.61. The molecule has 0 bridgehead atoms. The molecule has 0 aliphatic carbocycles. The van der Waals surface area contributed by atoms with E-state index in [4.69, 9.17) is 19.9 Å². The van der Waals surface area contributed by atoms with Crippen molar-refractivity contribution in [2.45, 2.75) is 56.0 Å². The molecule has 43 heavy (non-hydrogen) atoms. The zero-order valence-corrected chi connectivity index (χ0v) is 25.1. The Morgan fingerprint density at radius 3 is 2.40 bits per heavy atom. The van der Waals surface area contributed by atoms with Gasteiger partial charge >= 0.3 is 5.97 Å². The lowest BCUT2D eigenvalue weighted by atomic mass is 9.88. The fraction of sp³-hybridized carbons (Fsp3) is 0.500. The maximum absolute atomic E-state index is 12.9. The van der Waals surface area contributed by atoms with Crippen molar-refractivity contribution < 1.29 is 43.9 Å². The molecular formula is C30H41N3O9S. The number of amides is 2. The van der Waals surface area contributed by atoms with Crippen LogP contribution in [-0.4, -0.2) is 108 Å². The Labute approximate surface area is 255 Å². The second-order valence-electron chi connectivity index (χ2n) is 10.1. The van der Waals surface area contributed by atoms with Crippen molar-refractivity contribution in [1.29, 1.82) is 0 Å². The molecule has 236 valence electrons. The van der Waals surface area contributed by atoms with E-state index in [1.807, 2.05) is 30.3 Å². The fourth-order valence-electron chi connectivity index (χ4n) is 4.76. The molecule has 6 atom stereocenters. The minimum atomic E-state index is -2.10. The van der Waals surface area contributed by atoms with Gasteiger partial charge in [0.1, 0.15) is 12.2 Å². The average Bonchev–Trinajstić information content (AvgIpc) is 3.02. The highest BCUT2D eigenvalue weighted by atomic mass is 32.2. The minimum Gasteiger partial charge on any atom is -0.465 e. The number of thioether (sulfide) groups is 1. The van der Waals surface area contributed by atoms with E-state index in [2.05, 4.69) is 10.6 Å². The molecule has 2 aromatic carbocycles. The molecule has 1 aliphatic heterocycles. The SMILES string of the molecule is COC(=O)[C@@]1(OCCCSCCN)C[C@@H](O)[C@@H](NC(C)=O)C([C@H](O)[C@H](O)CNC(=O)c2ccc(-c3ccccc3)cc2)O1. The largest absolute Gasteiger partial charge is 0.465 e. The zero-order chi connectivity index (χ0) is 31.4. The summed E-state index contributed by atoms with van der Waals surface area (Å²) in [6.45, 7) is 1.41. The second kappa shape index (κ2) is 16.7. The number of nitrogens with one attached hydrogen (secondary N) is 2. The summed E-state index contributed by atoms with van der Waals surface area (Å²) in [6, 6.07) is 15.3. The smallest absolute Gasteiger partial charge is 0.366 e. The molecule has 0 spiro atoms. The first-order chi connectivity index (χ1) is 20.6. The standard InChI is InChI=1S/C30H41N3O9S/c1-19(34)33-25-23(35)17-30(29(39)40-2,41-14-6-15-43-16-13-31)42-27(25)26(37)24(36)18-32-28(38)22-11-9-21(10-12-22)20-7-4-3-5-8-20/h3-5,7-12,23-27,35-37H,6,13-18,31H2,1-2H3,(H,32,38)(H,33,34)/t23-,24-,25-,26-,27?,30-/m1/s1. The first kappa shape index (κ1) is 34.5. The van der Waals surface area contributed by atoms with E-state index in [0.717, 1.165) is 24.0 Å². The predicted molar refractivity (Wildman–Crippen MR) is 161 cm³/mol. The van der Waals surface area contributed by atoms with Crippen molar-refractivity contribution in [2.24, 2.45) is 5.73 Å². The van der Waals surface area contributed by atoms with Gasteiger partial charge in [-0.1, -0.05) is 42.5 Å². The van der Waals surface area contributed by atoms with Gasteiger partial charge in [0.15, 0.2) is 0 Å². The lowest BCUT2D eigenvalue weighted by Crippen LogP contribution is -2.68. The van der Waals surface area contributed by atoms with E-state index in [0.29, 0.717) is 24.3 Å². The van der Waals surface area contributed by atoms with E-state index < -0.39 is 67.0 Å². The number of ether oxygens (including phenoxy) is 3. The third-order valence-corrected chi connectivity index (χ3v) is 8.03. The van der Waals surface area contributed by atoms with Crippen LogP contribution < -0.4 is 16.4 Å². The second-order valence-corrected chi connectivity index (χ2v) is 11.4. The lowest BCUT2D eigenvalue weighted by molar-refractivity contribution is -0.311. The number of nitrogens with two attached hydrogens (primary N) is 1. The van der Waals surface area contributed by atoms with Crippen LogP contribution in [0.2, 0.25) is 0 Å². The van der Waals surface area contributed by atoms with E-state index in [9.17, 15) is 29.7 Å². The predicted octanol–water partition coefficient (Wildman–Crippen LogP) is 0.428. The molecule has 12 nitrogen and oxygen atoms in total. The Hall–Kier alpha value is -3.04. The molecule has 2 amide bonds. The van der Waals surface area contributed by atoms with Crippen molar-refractivity contribution >= 4 is 29.5 Å². The summed E-state index contributed by atoms with van der Waals surface area (Å²) in [5, 5.41) is 38.1. The van der Waals surface area contributed by atoms with Gasteiger partial charge in [-0.15, -0.1) is 0 Å². The molecule has 0 saturated carbocycles. The van der Waals surface area contributed by atoms with Gasteiger partial charge < -0.3 is 45.9 Å². The van der Waals surface area contributed by atoms with E-state index in [1.165, 1.54) is 6.92 Å². The molecule has 13 heteroatoms. The van der Waals surface area contributed by atoms with Crippen molar-refractivity contribution in [1.82, 2.24) is 10.6 Å². The van der Waals surface area contributed by atoms with Gasteiger partial charge in [0.2, 0.25) is 5.91 Å². The van der Waals surface area contributed by atoms with Gasteiger partial charge in [-0.3, -0.25) is 9.59 Å². The van der Waals surface area contributed by atoms with E-state index in [1.54, 1.807) is 36.0 Å². The number of rotatable bonds is 15. The number of carbonyl (C=O) groups is 3. The Bertz CT molecular complexity index is 1190. The number of esters is 1. The van der Waals surface area contributed by atoms with Gasteiger partial charge in [0.25, 0.3) is 11.7 Å². The topological polar surface area (TPSA) is 190 Å². The summed E-state index contributed by atoms with van der Waals surface area (Å²) in [5.74, 6) is -2.61. The summed E-state index contributed by atoms with van der Waals surface area (Å²) in [4.78, 5) is 37.6. The van der Waals surface area contributed by atoms with E-state index in [-0.39, 0.29) is 6.61 Å². The molecule has 7 N–H and O–H groups in total. The molecule has 0 aromatic heterocycles. The van der Waals surface area contributed by atoms with Crippen LogP contribution in [0.3, 0.4) is 0 Å². The van der Waals surface area contributed by atoms with Crippen LogP contribution in [-0.2, 0) is 23.8 Å². The summed E-state index contributed by atoms with van der Waals surface area (Å²) in [5.41, 5.74) is 7.76. The van der Waals surface area contributed by atoms with Gasteiger partial charge in [-0.25, -0.2) is 4.79 Å². The molecule has 0 radical (unpaired) electrons. The molecular weight excluding hydrogens is 578 g/mol. The third-order valence-electron chi connectivity index (χ3n) is 6.93. The lowest BCUT2D eigenvalue weighted by Gasteiger charge is -2.47. The van der Waals surface area contributed by atoms with Crippen LogP contribution in [0, 0.1) is 0 Å². The highest BCUT2D eigenvalue weighted by Gasteiger charge is 2.56. The van der Waals surface area contributed by atoms with Gasteiger partial charge in [-0.05, 0) is 35.4 Å². The molecule has 1 aliphatic rings. The summed E-state index contributed by atoms with van der Waals surface area (Å²) < 4.78 is 16.7. The first-order valence-electron chi connectivity index (χ1n) is 14.0. The number of hydrogen-bond acceptors (Lipinski definition) is 11. The monoisotopic (exact) mass is 619 g/mol. The fourth-order valence-corrected chi connectivity index (χ4v) is 5.46. The van der Waals surface area contributed by atoms with Gasteiger partial charge in [0, 0.05) is 37.8 Å². The Kier molecular flexibility index (Phi) is 13.4. The van der Waals surface area contributed by atoms with Crippen molar-refractivity contribution in [2.75, 3.05) is 38.3 Å². The number of aliphatic hydroxyl groups is 3. The normalized spacial score (nSPS) is 23.2. The molecule has 1 saturated heterocycles. The average molecular weight is 620 g/mol. The number of aliphatic hydroxyl groups excluding tert-OH is 3. The number of benzene rings is 2. The maximum Gasteiger partial charge on any atom is 0.366 e. The van der Waals surface area contributed by atoms with Crippen LogP contribution in [0.5, 0.6) is 0 Å². The van der Waals surface area contributed by atoms with Crippen molar-refractivity contribution in [3.05, 3.63) is 60.2 Å². The minimum absolute atomic E-state index is 0.0642. The molecule has 1 unspecified atom stereocenters. The molecule has 2 aromatic rings. The van der Waals surface area contributed by atoms with Crippen molar-refractivity contribution in [3.8, 4) is 11.1 Å². The number of hydrogen-bond donors (Lipinski definition) is 6. The van der Waals surface area contributed by atoms with Crippen LogP contribution in [0.15, 0.2) is 54.6 Å². The molecule has 3 rings (SSSR count). The Morgan fingerprint density at radius 1 is 1.09 bits per heavy atom. The molecule has 1 fully saturated rings. The van der Waals surface area contributed by atoms with Gasteiger partial charge in [0.05, 0.1) is 32.0 Å².